The molecular weight excluding hydrogens is 345 g/mol. The number of methoxy groups -OCH3 is 1. The van der Waals surface area contributed by atoms with Gasteiger partial charge < -0.3 is 15.4 Å². The highest BCUT2D eigenvalue weighted by Crippen LogP contribution is 2.34. The van der Waals surface area contributed by atoms with Gasteiger partial charge in [-0.05, 0) is 55.6 Å². The molecule has 1 amide bonds. The second-order valence-corrected chi connectivity index (χ2v) is 5.61. The van der Waals surface area contributed by atoms with Crippen molar-refractivity contribution in [2.75, 3.05) is 33.4 Å². The number of hydrogen-bond acceptors (Lipinski definition) is 3. The zero-order valence-corrected chi connectivity index (χ0v) is 14.2. The third kappa shape index (κ3) is 5.65. The molecule has 8 heteroatoms. The van der Waals surface area contributed by atoms with E-state index in [0.29, 0.717) is 12.2 Å². The number of rotatable bonds is 5. The molecule has 0 aliphatic carbocycles. The molecule has 24 heavy (non-hydrogen) atoms. The van der Waals surface area contributed by atoms with E-state index in [1.54, 1.807) is 6.07 Å². The third-order valence-electron chi connectivity index (χ3n) is 3.95. The second-order valence-electron chi connectivity index (χ2n) is 5.61. The minimum Gasteiger partial charge on any atom is -0.383 e. The minimum atomic E-state index is -4.47. The van der Waals surface area contributed by atoms with Gasteiger partial charge in [-0.1, -0.05) is 0 Å². The van der Waals surface area contributed by atoms with Crippen LogP contribution in [-0.4, -0.2) is 39.3 Å². The second kappa shape index (κ2) is 9.25. The Morgan fingerprint density at radius 2 is 1.96 bits per heavy atom. The van der Waals surface area contributed by atoms with Gasteiger partial charge in [-0.3, -0.25) is 4.79 Å². The van der Waals surface area contributed by atoms with E-state index in [4.69, 9.17) is 4.74 Å². The van der Waals surface area contributed by atoms with Crippen LogP contribution >= 0.6 is 12.4 Å². The fraction of sp³-hybridized carbons (Fsp3) is 0.562. The maximum Gasteiger partial charge on any atom is 0.416 e. The lowest BCUT2D eigenvalue weighted by atomic mass is 9.88. The van der Waals surface area contributed by atoms with E-state index in [9.17, 15) is 18.0 Å². The standard InChI is InChI=1S/C16H21F3N2O2.ClH/c1-23-7-6-21-15(22)13-8-12(11-2-4-20-5-3-11)9-14(10-13)16(17,18)19;/h8-11,20H,2-7H2,1H3,(H,21,22);1H. The molecule has 0 atom stereocenters. The van der Waals surface area contributed by atoms with Gasteiger partial charge in [-0.15, -0.1) is 12.4 Å². The molecule has 2 N–H and O–H groups in total. The van der Waals surface area contributed by atoms with Crippen molar-refractivity contribution in [3.63, 3.8) is 0 Å². The van der Waals surface area contributed by atoms with Crippen molar-refractivity contribution in [3.8, 4) is 0 Å². The van der Waals surface area contributed by atoms with Crippen LogP contribution in [0.25, 0.3) is 0 Å². The normalized spacial score (nSPS) is 15.7. The van der Waals surface area contributed by atoms with Crippen LogP contribution in [0.15, 0.2) is 18.2 Å². The minimum absolute atomic E-state index is 0. The molecule has 1 heterocycles. The van der Waals surface area contributed by atoms with Crippen LogP contribution in [0.2, 0.25) is 0 Å². The summed E-state index contributed by atoms with van der Waals surface area (Å²) in [5, 5.41) is 5.75. The largest absolute Gasteiger partial charge is 0.416 e. The Kier molecular flexibility index (Phi) is 7.99. The summed E-state index contributed by atoms with van der Waals surface area (Å²) in [5.74, 6) is -0.465. The van der Waals surface area contributed by atoms with Crippen LogP contribution in [-0.2, 0) is 10.9 Å². The fourth-order valence-electron chi connectivity index (χ4n) is 2.71. The lowest BCUT2D eigenvalue weighted by Crippen LogP contribution is -2.29. The van der Waals surface area contributed by atoms with Crippen molar-refractivity contribution < 1.29 is 22.7 Å². The average Bonchev–Trinajstić information content (AvgIpc) is 2.54. The highest BCUT2D eigenvalue weighted by Gasteiger charge is 2.32. The Bertz CT molecular complexity index is 547. The topological polar surface area (TPSA) is 50.4 Å². The van der Waals surface area contributed by atoms with E-state index in [-0.39, 0.29) is 30.4 Å². The summed E-state index contributed by atoms with van der Waals surface area (Å²) in [6, 6.07) is 3.65. The first kappa shape index (κ1) is 20.7. The zero-order valence-electron chi connectivity index (χ0n) is 13.4. The maximum absolute atomic E-state index is 13.1. The Balaban J connectivity index is 0.00000288. The van der Waals surface area contributed by atoms with Gasteiger partial charge in [-0.25, -0.2) is 0 Å². The van der Waals surface area contributed by atoms with Crippen LogP contribution in [0, 0.1) is 0 Å². The first-order valence-electron chi connectivity index (χ1n) is 7.62. The van der Waals surface area contributed by atoms with Gasteiger partial charge in [0, 0.05) is 19.2 Å². The summed E-state index contributed by atoms with van der Waals surface area (Å²) >= 11 is 0. The number of benzene rings is 1. The average molecular weight is 367 g/mol. The molecule has 1 aromatic carbocycles. The first-order chi connectivity index (χ1) is 10.9. The van der Waals surface area contributed by atoms with Crippen molar-refractivity contribution in [1.82, 2.24) is 10.6 Å². The Morgan fingerprint density at radius 3 is 2.54 bits per heavy atom. The number of amides is 1. The van der Waals surface area contributed by atoms with E-state index < -0.39 is 17.6 Å². The number of carbonyl (C=O) groups excluding carboxylic acids is 1. The number of carbonyl (C=O) groups is 1. The number of halogens is 4. The van der Waals surface area contributed by atoms with Crippen LogP contribution in [0.1, 0.15) is 40.2 Å². The lowest BCUT2D eigenvalue weighted by Gasteiger charge is -2.24. The number of piperidine rings is 1. The van der Waals surface area contributed by atoms with Gasteiger partial charge >= 0.3 is 6.18 Å². The van der Waals surface area contributed by atoms with Crippen molar-refractivity contribution in [1.29, 1.82) is 0 Å². The molecule has 1 fully saturated rings. The summed E-state index contributed by atoms with van der Waals surface area (Å²) in [4.78, 5) is 12.1. The molecule has 136 valence electrons. The Labute approximate surface area is 145 Å². The first-order valence-corrected chi connectivity index (χ1v) is 7.62. The highest BCUT2D eigenvalue weighted by molar-refractivity contribution is 5.94. The molecule has 1 aliphatic rings. The van der Waals surface area contributed by atoms with Crippen LogP contribution < -0.4 is 10.6 Å². The van der Waals surface area contributed by atoms with E-state index in [1.807, 2.05) is 0 Å². The summed E-state index contributed by atoms with van der Waals surface area (Å²) in [6.45, 7) is 2.12. The highest BCUT2D eigenvalue weighted by atomic mass is 35.5. The predicted octanol–water partition coefficient (Wildman–Crippen LogP) is 2.97. The van der Waals surface area contributed by atoms with Gasteiger partial charge in [-0.2, -0.15) is 13.2 Å². The molecule has 0 unspecified atom stereocenters. The Hall–Kier alpha value is -1.31. The molecule has 0 bridgehead atoms. The van der Waals surface area contributed by atoms with E-state index in [0.717, 1.165) is 32.0 Å². The van der Waals surface area contributed by atoms with Crippen LogP contribution in [0.5, 0.6) is 0 Å². The van der Waals surface area contributed by atoms with E-state index >= 15 is 0 Å². The summed E-state index contributed by atoms with van der Waals surface area (Å²) in [5.41, 5.74) is -0.145. The summed E-state index contributed by atoms with van der Waals surface area (Å²) in [7, 11) is 1.49. The van der Waals surface area contributed by atoms with Crippen LogP contribution in [0.4, 0.5) is 13.2 Å². The SMILES string of the molecule is COCCNC(=O)c1cc(C2CCNCC2)cc(C(F)(F)F)c1.Cl. The molecule has 1 saturated heterocycles. The van der Waals surface area contributed by atoms with E-state index in [2.05, 4.69) is 10.6 Å². The smallest absolute Gasteiger partial charge is 0.383 e. The maximum atomic E-state index is 13.1. The monoisotopic (exact) mass is 366 g/mol. The molecule has 0 radical (unpaired) electrons. The quantitative estimate of drug-likeness (QED) is 0.788. The molecular formula is C16H22ClF3N2O2. The zero-order chi connectivity index (χ0) is 16.9. The summed E-state index contributed by atoms with van der Waals surface area (Å²) < 4.78 is 44.2. The number of ether oxygens (including phenoxy) is 1. The predicted molar refractivity (Wildman–Crippen MR) is 87.7 cm³/mol. The molecule has 1 aromatic rings. The third-order valence-corrected chi connectivity index (χ3v) is 3.95. The number of nitrogens with one attached hydrogen (secondary N) is 2. The molecule has 1 aliphatic heterocycles. The van der Waals surface area contributed by atoms with Crippen LogP contribution in [0.3, 0.4) is 0 Å². The summed E-state index contributed by atoms with van der Waals surface area (Å²) in [6.07, 6.45) is -2.93. The fourth-order valence-corrected chi connectivity index (χ4v) is 2.71. The molecule has 4 nitrogen and oxygen atoms in total. The van der Waals surface area contributed by atoms with Crippen molar-refractivity contribution in [3.05, 3.63) is 34.9 Å². The van der Waals surface area contributed by atoms with E-state index in [1.165, 1.54) is 13.2 Å². The Morgan fingerprint density at radius 1 is 1.29 bits per heavy atom. The van der Waals surface area contributed by atoms with Crippen molar-refractivity contribution in [2.24, 2.45) is 0 Å². The number of alkyl halides is 3. The molecule has 2 rings (SSSR count). The van der Waals surface area contributed by atoms with Crippen molar-refractivity contribution in [2.45, 2.75) is 24.9 Å². The van der Waals surface area contributed by atoms with Gasteiger partial charge in [0.15, 0.2) is 0 Å². The van der Waals surface area contributed by atoms with Gasteiger partial charge in [0.1, 0.15) is 0 Å². The van der Waals surface area contributed by atoms with Gasteiger partial charge in [0.25, 0.3) is 5.91 Å². The van der Waals surface area contributed by atoms with Gasteiger partial charge in [0.05, 0.1) is 12.2 Å². The van der Waals surface area contributed by atoms with Crippen molar-refractivity contribution >= 4 is 18.3 Å². The molecule has 0 aromatic heterocycles. The molecule has 0 saturated carbocycles. The van der Waals surface area contributed by atoms with Gasteiger partial charge in [0.2, 0.25) is 0 Å². The lowest BCUT2D eigenvalue weighted by molar-refractivity contribution is -0.137. The number of hydrogen-bond donors (Lipinski definition) is 2. The molecule has 0 spiro atoms.